The molecule has 0 N–H and O–H groups in total. The minimum absolute atomic E-state index is 0.602. The highest BCUT2D eigenvalue weighted by atomic mass is 35.5. The summed E-state index contributed by atoms with van der Waals surface area (Å²) in [6.07, 6.45) is 0. The molecule has 0 aliphatic carbocycles. The Morgan fingerprint density at radius 1 is 1.42 bits per heavy atom. The van der Waals surface area contributed by atoms with Crippen LogP contribution in [0.15, 0.2) is 28.7 Å². The predicted octanol–water partition coefficient (Wildman–Crippen LogP) is 3.52. The maximum atomic E-state index is 5.91. The molecule has 0 bridgehead atoms. The van der Waals surface area contributed by atoms with Crippen LogP contribution in [-0.4, -0.2) is 0 Å². The van der Waals surface area contributed by atoms with Crippen LogP contribution in [0.25, 0.3) is 11.0 Å². The number of para-hydroxylation sites is 1. The zero-order chi connectivity index (χ0) is 8.55. The Morgan fingerprint density at radius 2 is 2.25 bits per heavy atom. The Labute approximate surface area is 80.7 Å². The van der Waals surface area contributed by atoms with E-state index in [0.29, 0.717) is 10.8 Å². The monoisotopic (exact) mass is 198 g/mol. The van der Waals surface area contributed by atoms with Gasteiger partial charge in [0.25, 0.3) is 0 Å². The number of halogens is 1. The van der Waals surface area contributed by atoms with Crippen LogP contribution < -0.4 is 0 Å². The van der Waals surface area contributed by atoms with Crippen molar-refractivity contribution in [2.75, 3.05) is 0 Å². The second-order valence-corrected chi connectivity index (χ2v) is 3.25. The van der Waals surface area contributed by atoms with E-state index in [1.54, 1.807) is 0 Å². The van der Waals surface area contributed by atoms with E-state index >= 15 is 0 Å². The van der Waals surface area contributed by atoms with Gasteiger partial charge in [0.05, 0.1) is 5.02 Å². The third-order valence-corrected chi connectivity index (χ3v) is 2.31. The Morgan fingerprint density at radius 3 is 2.92 bits per heavy atom. The maximum absolute atomic E-state index is 5.91. The molecule has 0 atom stereocenters. The van der Waals surface area contributed by atoms with Crippen molar-refractivity contribution in [3.05, 3.63) is 35.0 Å². The van der Waals surface area contributed by atoms with Gasteiger partial charge in [0.1, 0.15) is 5.76 Å². The predicted molar refractivity (Wildman–Crippen MR) is 53.9 cm³/mol. The van der Waals surface area contributed by atoms with E-state index in [2.05, 4.69) is 12.6 Å². The quantitative estimate of drug-likeness (QED) is 0.692. The molecule has 2 rings (SSSR count). The van der Waals surface area contributed by atoms with Crippen LogP contribution in [0.2, 0.25) is 5.02 Å². The number of thiol groups is 1. The molecule has 1 aromatic heterocycles. The summed E-state index contributed by atoms with van der Waals surface area (Å²) >= 11 is 10.0. The van der Waals surface area contributed by atoms with E-state index in [-0.39, 0.29) is 0 Å². The number of furan rings is 1. The molecule has 1 heterocycles. The van der Waals surface area contributed by atoms with Gasteiger partial charge in [-0.15, -0.1) is 0 Å². The number of fused-ring (bicyclic) bond motifs is 1. The summed E-state index contributed by atoms with van der Waals surface area (Å²) in [5.74, 6) is 1.45. The van der Waals surface area contributed by atoms with Crippen molar-refractivity contribution in [3.8, 4) is 0 Å². The van der Waals surface area contributed by atoms with Crippen molar-refractivity contribution in [1.82, 2.24) is 0 Å². The van der Waals surface area contributed by atoms with E-state index in [0.717, 1.165) is 16.7 Å². The molecule has 12 heavy (non-hydrogen) atoms. The molecular formula is C9H7ClOS. The number of rotatable bonds is 1. The largest absolute Gasteiger partial charge is 0.459 e. The van der Waals surface area contributed by atoms with Crippen LogP contribution in [0.4, 0.5) is 0 Å². The molecule has 2 aromatic rings. The van der Waals surface area contributed by atoms with Crippen LogP contribution in [0.5, 0.6) is 0 Å². The summed E-state index contributed by atoms with van der Waals surface area (Å²) < 4.78 is 5.44. The average Bonchev–Trinajstić information content (AvgIpc) is 2.49. The molecule has 1 aromatic carbocycles. The minimum atomic E-state index is 0.602. The fourth-order valence-corrected chi connectivity index (χ4v) is 1.54. The molecular weight excluding hydrogens is 192 g/mol. The van der Waals surface area contributed by atoms with Crippen molar-refractivity contribution in [2.24, 2.45) is 0 Å². The molecule has 0 radical (unpaired) electrons. The lowest BCUT2D eigenvalue weighted by molar-refractivity contribution is 0.574. The fraction of sp³-hybridized carbons (Fsp3) is 0.111. The maximum Gasteiger partial charge on any atom is 0.152 e. The Hall–Kier alpha value is -0.600. The Balaban J connectivity index is 2.74. The van der Waals surface area contributed by atoms with E-state index in [1.165, 1.54) is 0 Å². The molecule has 3 heteroatoms. The normalized spacial score (nSPS) is 10.8. The summed E-state index contributed by atoms with van der Waals surface area (Å²) in [6, 6.07) is 7.64. The number of hydrogen-bond acceptors (Lipinski definition) is 2. The summed E-state index contributed by atoms with van der Waals surface area (Å²) in [4.78, 5) is 0. The molecule has 0 aliphatic rings. The zero-order valence-electron chi connectivity index (χ0n) is 6.25. The molecule has 1 nitrogen and oxygen atoms in total. The topological polar surface area (TPSA) is 13.1 Å². The van der Waals surface area contributed by atoms with Gasteiger partial charge >= 0.3 is 0 Å². The van der Waals surface area contributed by atoms with Crippen LogP contribution in [0.1, 0.15) is 5.76 Å². The van der Waals surface area contributed by atoms with Crippen molar-refractivity contribution in [1.29, 1.82) is 0 Å². The lowest BCUT2D eigenvalue weighted by Crippen LogP contribution is -1.64. The highest BCUT2D eigenvalue weighted by Crippen LogP contribution is 2.26. The van der Waals surface area contributed by atoms with Gasteiger partial charge in [-0.1, -0.05) is 23.7 Å². The molecule has 0 aliphatic heterocycles. The highest BCUT2D eigenvalue weighted by molar-refractivity contribution is 7.79. The molecule has 0 spiro atoms. The van der Waals surface area contributed by atoms with Gasteiger partial charge in [0.15, 0.2) is 5.58 Å². The first-order valence-corrected chi connectivity index (χ1v) is 4.60. The fourth-order valence-electron chi connectivity index (χ4n) is 1.16. The van der Waals surface area contributed by atoms with Gasteiger partial charge in [-0.3, -0.25) is 0 Å². The molecule has 0 fully saturated rings. The summed E-state index contributed by atoms with van der Waals surface area (Å²) in [5, 5.41) is 1.69. The summed E-state index contributed by atoms with van der Waals surface area (Å²) in [5.41, 5.74) is 0.753. The number of hydrogen-bond donors (Lipinski definition) is 1. The van der Waals surface area contributed by atoms with Gasteiger partial charge in [0, 0.05) is 11.1 Å². The van der Waals surface area contributed by atoms with E-state index in [1.807, 2.05) is 24.3 Å². The lowest BCUT2D eigenvalue weighted by Gasteiger charge is -1.89. The average molecular weight is 199 g/mol. The lowest BCUT2D eigenvalue weighted by atomic mass is 10.2. The van der Waals surface area contributed by atoms with Gasteiger partial charge < -0.3 is 4.42 Å². The molecule has 62 valence electrons. The SMILES string of the molecule is SCc1cc2cccc(Cl)c2o1. The Bertz CT molecular complexity index is 408. The molecule has 0 saturated carbocycles. The van der Waals surface area contributed by atoms with Crippen molar-refractivity contribution < 1.29 is 4.42 Å². The van der Waals surface area contributed by atoms with E-state index < -0.39 is 0 Å². The first kappa shape index (κ1) is 8.02. The summed E-state index contributed by atoms with van der Waals surface area (Å²) in [7, 11) is 0. The third kappa shape index (κ3) is 1.21. The highest BCUT2D eigenvalue weighted by Gasteiger charge is 2.04. The number of benzene rings is 1. The smallest absolute Gasteiger partial charge is 0.152 e. The van der Waals surface area contributed by atoms with Gasteiger partial charge in [-0.25, -0.2) is 0 Å². The molecule has 0 amide bonds. The minimum Gasteiger partial charge on any atom is -0.459 e. The zero-order valence-corrected chi connectivity index (χ0v) is 7.90. The second-order valence-electron chi connectivity index (χ2n) is 2.53. The first-order valence-electron chi connectivity index (χ1n) is 3.59. The Kier molecular flexibility index (Phi) is 2.03. The van der Waals surface area contributed by atoms with Crippen molar-refractivity contribution in [3.63, 3.8) is 0 Å². The van der Waals surface area contributed by atoms with Crippen molar-refractivity contribution >= 4 is 35.2 Å². The van der Waals surface area contributed by atoms with Crippen LogP contribution >= 0.6 is 24.2 Å². The third-order valence-electron chi connectivity index (χ3n) is 1.70. The molecule has 0 saturated heterocycles. The van der Waals surface area contributed by atoms with Crippen LogP contribution in [0, 0.1) is 0 Å². The van der Waals surface area contributed by atoms with Gasteiger partial charge in [-0.2, -0.15) is 12.6 Å². The van der Waals surface area contributed by atoms with E-state index in [9.17, 15) is 0 Å². The summed E-state index contributed by atoms with van der Waals surface area (Å²) in [6.45, 7) is 0. The standard InChI is InChI=1S/C9H7ClOS/c10-8-3-1-2-6-4-7(5-12)11-9(6)8/h1-4,12H,5H2. The van der Waals surface area contributed by atoms with Crippen molar-refractivity contribution in [2.45, 2.75) is 5.75 Å². The van der Waals surface area contributed by atoms with Crippen LogP contribution in [0.3, 0.4) is 0 Å². The van der Waals surface area contributed by atoms with Crippen LogP contribution in [-0.2, 0) is 5.75 Å². The molecule has 0 unspecified atom stereocenters. The first-order chi connectivity index (χ1) is 5.81. The van der Waals surface area contributed by atoms with Gasteiger partial charge in [0.2, 0.25) is 0 Å². The van der Waals surface area contributed by atoms with E-state index in [4.69, 9.17) is 16.0 Å². The van der Waals surface area contributed by atoms with Gasteiger partial charge in [-0.05, 0) is 12.1 Å². The second kappa shape index (κ2) is 3.04.